The van der Waals surface area contributed by atoms with E-state index in [-0.39, 0.29) is 0 Å². The average Bonchev–Trinajstić information content (AvgIpc) is 3.13. The van der Waals surface area contributed by atoms with Crippen LogP contribution in [0.1, 0.15) is 0 Å². The first-order chi connectivity index (χ1) is 12.7. The molecule has 0 fully saturated rings. The molecule has 6 rings (SSSR count). The lowest BCUT2D eigenvalue weighted by molar-refractivity contribution is 1.74. The predicted molar refractivity (Wildman–Crippen MR) is 125 cm³/mol. The van der Waals surface area contributed by atoms with E-state index in [1.807, 2.05) is 22.7 Å². The van der Waals surface area contributed by atoms with E-state index in [0.717, 1.165) is 8.95 Å². The van der Waals surface area contributed by atoms with E-state index in [2.05, 4.69) is 92.5 Å². The van der Waals surface area contributed by atoms with Crippen LogP contribution in [0.5, 0.6) is 0 Å². The van der Waals surface area contributed by atoms with Crippen LogP contribution in [-0.2, 0) is 0 Å². The first-order valence-electron chi connectivity index (χ1n) is 8.23. The van der Waals surface area contributed by atoms with Gasteiger partial charge in [-0.15, -0.1) is 22.7 Å². The molecule has 0 amide bonds. The normalized spacial score (nSPS) is 12.2. The third-order valence-corrected chi connectivity index (χ3v) is 8.41. The van der Waals surface area contributed by atoms with Crippen LogP contribution >= 0.6 is 54.5 Å². The summed E-state index contributed by atoms with van der Waals surface area (Å²) in [6.45, 7) is 0. The molecule has 0 aliphatic rings. The fourth-order valence-corrected chi connectivity index (χ4v) is 7.14. The van der Waals surface area contributed by atoms with Crippen molar-refractivity contribution < 1.29 is 0 Å². The molecule has 0 aliphatic heterocycles. The van der Waals surface area contributed by atoms with Crippen LogP contribution in [0.15, 0.2) is 69.6 Å². The second-order valence-corrected chi connectivity index (χ2v) is 10.5. The lowest BCUT2D eigenvalue weighted by atomic mass is 10.1. The van der Waals surface area contributed by atoms with Gasteiger partial charge in [0.15, 0.2) is 0 Å². The summed E-state index contributed by atoms with van der Waals surface area (Å²) in [5.41, 5.74) is 0. The van der Waals surface area contributed by atoms with E-state index >= 15 is 0 Å². The molecule has 0 aliphatic carbocycles. The molecule has 0 spiro atoms. The average molecular weight is 498 g/mol. The van der Waals surface area contributed by atoms with Crippen molar-refractivity contribution in [2.75, 3.05) is 0 Å². The van der Waals surface area contributed by atoms with Gasteiger partial charge >= 0.3 is 0 Å². The second kappa shape index (κ2) is 5.52. The fraction of sp³-hybridized carbons (Fsp3) is 0. The van der Waals surface area contributed by atoms with Gasteiger partial charge in [-0.1, -0.05) is 44.0 Å². The lowest BCUT2D eigenvalue weighted by Crippen LogP contribution is -1.73. The van der Waals surface area contributed by atoms with Crippen LogP contribution in [0.2, 0.25) is 0 Å². The van der Waals surface area contributed by atoms with Gasteiger partial charge in [-0.2, -0.15) is 0 Å². The van der Waals surface area contributed by atoms with Gasteiger partial charge in [0.25, 0.3) is 0 Å². The largest absolute Gasteiger partial charge is 0.134 e. The van der Waals surface area contributed by atoms with E-state index in [0.29, 0.717) is 0 Å². The number of hydrogen-bond acceptors (Lipinski definition) is 2. The van der Waals surface area contributed by atoms with E-state index in [4.69, 9.17) is 0 Å². The van der Waals surface area contributed by atoms with Gasteiger partial charge in [-0.3, -0.25) is 0 Å². The summed E-state index contributed by atoms with van der Waals surface area (Å²) in [5, 5.41) is 7.94. The van der Waals surface area contributed by atoms with E-state index in [9.17, 15) is 0 Å². The maximum absolute atomic E-state index is 3.59. The molecule has 4 heteroatoms. The Labute approximate surface area is 174 Å². The molecule has 0 nitrogen and oxygen atoms in total. The summed E-state index contributed by atoms with van der Waals surface area (Å²) in [6.07, 6.45) is 0. The smallest absolute Gasteiger partial charge is 0.0542 e. The van der Waals surface area contributed by atoms with Gasteiger partial charge in [-0.05, 0) is 70.1 Å². The van der Waals surface area contributed by atoms with Gasteiger partial charge in [0.2, 0.25) is 0 Å². The molecule has 4 aromatic carbocycles. The third kappa shape index (κ3) is 2.23. The van der Waals surface area contributed by atoms with Gasteiger partial charge < -0.3 is 0 Å². The molecular weight excluding hydrogens is 488 g/mol. The summed E-state index contributed by atoms with van der Waals surface area (Å²) in [7, 11) is 0. The minimum Gasteiger partial charge on any atom is -0.134 e. The van der Waals surface area contributed by atoms with Gasteiger partial charge in [0.1, 0.15) is 0 Å². The van der Waals surface area contributed by atoms with Gasteiger partial charge in [-0.25, -0.2) is 0 Å². The van der Waals surface area contributed by atoms with Gasteiger partial charge in [0.05, 0.1) is 9.40 Å². The Bertz CT molecular complexity index is 1390. The summed E-state index contributed by atoms with van der Waals surface area (Å²) in [6, 6.07) is 22.4. The van der Waals surface area contributed by atoms with Crippen LogP contribution < -0.4 is 0 Å². The van der Waals surface area contributed by atoms with Crippen molar-refractivity contribution in [2.45, 2.75) is 0 Å². The number of hydrogen-bond donors (Lipinski definition) is 0. The maximum atomic E-state index is 3.59. The van der Waals surface area contributed by atoms with Crippen LogP contribution in [-0.4, -0.2) is 0 Å². The highest BCUT2D eigenvalue weighted by Crippen LogP contribution is 2.46. The molecule has 124 valence electrons. The van der Waals surface area contributed by atoms with E-state index < -0.39 is 0 Å². The number of rotatable bonds is 0. The highest BCUT2D eigenvalue weighted by atomic mass is 79.9. The van der Waals surface area contributed by atoms with Crippen molar-refractivity contribution in [3.05, 3.63) is 69.6 Å². The Morgan fingerprint density at radius 1 is 0.500 bits per heavy atom. The summed E-state index contributed by atoms with van der Waals surface area (Å²) >= 11 is 11.0. The van der Waals surface area contributed by atoms with Crippen molar-refractivity contribution in [3.63, 3.8) is 0 Å². The molecule has 0 bridgehead atoms. The van der Waals surface area contributed by atoms with Crippen molar-refractivity contribution in [1.82, 2.24) is 0 Å². The molecule has 26 heavy (non-hydrogen) atoms. The maximum Gasteiger partial charge on any atom is 0.0542 e. The van der Waals surface area contributed by atoms with Crippen molar-refractivity contribution >= 4 is 106 Å². The lowest BCUT2D eigenvalue weighted by Gasteiger charge is -2.00. The number of benzene rings is 4. The van der Waals surface area contributed by atoms with E-state index in [1.54, 1.807) is 0 Å². The molecule has 0 saturated heterocycles. The minimum absolute atomic E-state index is 1.13. The zero-order valence-electron chi connectivity index (χ0n) is 13.3. The zero-order valence-corrected chi connectivity index (χ0v) is 18.2. The number of thiophene rings is 2. The Morgan fingerprint density at radius 3 is 1.42 bits per heavy atom. The van der Waals surface area contributed by atoms with Crippen LogP contribution in [0, 0.1) is 0 Å². The molecule has 0 saturated carbocycles. The number of halogens is 2. The standard InChI is InChI=1S/C22H10Br2S2/c23-15-3-1-11-7-17-19(9-13(11)5-15)25-22-18-8-12-2-4-16(24)6-14(12)10-20(18)26-21(17)22/h1-10H. The topological polar surface area (TPSA) is 0 Å². The van der Waals surface area contributed by atoms with Crippen LogP contribution in [0.3, 0.4) is 0 Å². The molecule has 6 aromatic rings. The molecule has 0 N–H and O–H groups in total. The molecule has 2 aromatic heterocycles. The quantitative estimate of drug-likeness (QED) is 0.196. The molecule has 0 atom stereocenters. The Morgan fingerprint density at radius 2 is 0.962 bits per heavy atom. The molecule has 0 unspecified atom stereocenters. The van der Waals surface area contributed by atoms with Crippen molar-refractivity contribution in [2.24, 2.45) is 0 Å². The van der Waals surface area contributed by atoms with Gasteiger partial charge in [0, 0.05) is 29.1 Å². The summed E-state index contributed by atoms with van der Waals surface area (Å²) in [5.74, 6) is 0. The third-order valence-electron chi connectivity index (χ3n) is 4.92. The zero-order chi connectivity index (χ0) is 17.4. The first kappa shape index (κ1) is 15.6. The van der Waals surface area contributed by atoms with Crippen LogP contribution in [0.4, 0.5) is 0 Å². The predicted octanol–water partition coefficient (Wildman–Crippen LogP) is 9.10. The van der Waals surface area contributed by atoms with E-state index in [1.165, 1.54) is 51.1 Å². The van der Waals surface area contributed by atoms with Crippen LogP contribution in [0.25, 0.3) is 51.1 Å². The minimum atomic E-state index is 1.13. The Hall–Kier alpha value is -1.46. The molecular formula is C22H10Br2S2. The fourth-order valence-electron chi connectivity index (χ4n) is 3.69. The van der Waals surface area contributed by atoms with Crippen molar-refractivity contribution in [1.29, 1.82) is 0 Å². The Kier molecular flexibility index (Phi) is 3.31. The second-order valence-electron chi connectivity index (χ2n) is 6.54. The molecule has 2 heterocycles. The monoisotopic (exact) mass is 496 g/mol. The van der Waals surface area contributed by atoms with Crippen molar-refractivity contribution in [3.8, 4) is 0 Å². The number of fused-ring (bicyclic) bond motifs is 7. The summed E-state index contributed by atoms with van der Waals surface area (Å²) < 4.78 is 7.83. The first-order valence-corrected chi connectivity index (χ1v) is 11.4. The summed E-state index contributed by atoms with van der Waals surface area (Å²) in [4.78, 5) is 0. The highest BCUT2D eigenvalue weighted by Gasteiger charge is 2.14. The molecule has 0 radical (unpaired) electrons. The Balaban J connectivity index is 1.75. The highest BCUT2D eigenvalue weighted by molar-refractivity contribution is 9.10. The SMILES string of the molecule is Brc1ccc2cc3c(cc2c1)sc1c2cc4ccc(Br)cc4cc2sc31.